The van der Waals surface area contributed by atoms with Crippen LogP contribution >= 0.6 is 0 Å². The van der Waals surface area contributed by atoms with Crippen molar-refractivity contribution in [3.8, 4) is 5.75 Å². The van der Waals surface area contributed by atoms with E-state index in [9.17, 15) is 0 Å². The Labute approximate surface area is 109 Å². The maximum Gasteiger partial charge on any atom is 0.143 e. The van der Waals surface area contributed by atoms with Gasteiger partial charge in [-0.25, -0.2) is 0 Å². The van der Waals surface area contributed by atoms with E-state index in [0.717, 1.165) is 18.8 Å². The number of benzene rings is 1. The molecule has 1 aromatic rings. The molecule has 1 aromatic carbocycles. The molecule has 0 aliphatic carbocycles. The number of anilines is 2. The van der Waals surface area contributed by atoms with Gasteiger partial charge in [-0.05, 0) is 39.1 Å². The van der Waals surface area contributed by atoms with Gasteiger partial charge in [0, 0.05) is 30.9 Å². The number of likely N-dealkylation sites (N-methyl/N-ethyl adjacent to an activating group) is 1. The summed E-state index contributed by atoms with van der Waals surface area (Å²) in [6, 6.07) is 6.67. The molecule has 4 nitrogen and oxygen atoms in total. The summed E-state index contributed by atoms with van der Waals surface area (Å²) < 4.78 is 5.29. The Hall–Kier alpha value is -1.42. The number of rotatable bonds is 3. The molecule has 0 amide bonds. The minimum Gasteiger partial charge on any atom is -0.495 e. The van der Waals surface area contributed by atoms with Gasteiger partial charge in [0.15, 0.2) is 0 Å². The quantitative estimate of drug-likeness (QED) is 0.830. The molecule has 0 bridgehead atoms. The zero-order chi connectivity index (χ0) is 13.1. The Bertz CT molecular complexity index is 406. The summed E-state index contributed by atoms with van der Waals surface area (Å²) in [4.78, 5) is 4.72. The van der Waals surface area contributed by atoms with Gasteiger partial charge in [0.1, 0.15) is 5.75 Å². The van der Waals surface area contributed by atoms with Crippen molar-refractivity contribution in [1.82, 2.24) is 4.90 Å². The third-order valence-corrected chi connectivity index (χ3v) is 3.71. The Morgan fingerprint density at radius 1 is 1.39 bits per heavy atom. The monoisotopic (exact) mass is 249 g/mol. The van der Waals surface area contributed by atoms with E-state index in [1.54, 1.807) is 7.11 Å². The van der Waals surface area contributed by atoms with Crippen LogP contribution in [0.15, 0.2) is 18.2 Å². The molecule has 1 heterocycles. The molecule has 4 heteroatoms. The predicted octanol–water partition coefficient (Wildman–Crippen LogP) is 1.81. The molecule has 1 aliphatic rings. The average Bonchev–Trinajstić information content (AvgIpc) is 2.39. The van der Waals surface area contributed by atoms with Gasteiger partial charge in [0.25, 0.3) is 0 Å². The highest BCUT2D eigenvalue weighted by Crippen LogP contribution is 2.29. The predicted molar refractivity (Wildman–Crippen MR) is 76.3 cm³/mol. The van der Waals surface area contributed by atoms with Crippen LogP contribution in [0.3, 0.4) is 0 Å². The molecule has 1 aliphatic heterocycles. The second-order valence-electron chi connectivity index (χ2n) is 5.13. The van der Waals surface area contributed by atoms with Crippen molar-refractivity contribution in [2.24, 2.45) is 0 Å². The first-order valence-electron chi connectivity index (χ1n) is 6.46. The fourth-order valence-electron chi connectivity index (χ4n) is 2.51. The number of piperidine rings is 1. The van der Waals surface area contributed by atoms with Crippen molar-refractivity contribution in [2.75, 3.05) is 44.9 Å². The lowest BCUT2D eigenvalue weighted by Gasteiger charge is -2.37. The van der Waals surface area contributed by atoms with Crippen molar-refractivity contribution in [3.63, 3.8) is 0 Å². The van der Waals surface area contributed by atoms with Gasteiger partial charge < -0.3 is 20.3 Å². The average molecular weight is 249 g/mol. The number of nitrogens with two attached hydrogens (primary N) is 1. The fraction of sp³-hybridized carbons (Fsp3) is 0.571. The third kappa shape index (κ3) is 2.70. The maximum atomic E-state index is 5.85. The van der Waals surface area contributed by atoms with E-state index in [4.69, 9.17) is 10.5 Å². The Morgan fingerprint density at radius 3 is 2.83 bits per heavy atom. The lowest BCUT2D eigenvalue weighted by atomic mass is 10.0. The van der Waals surface area contributed by atoms with Crippen molar-refractivity contribution in [1.29, 1.82) is 0 Å². The summed E-state index contributed by atoms with van der Waals surface area (Å²) >= 11 is 0. The van der Waals surface area contributed by atoms with Crippen molar-refractivity contribution >= 4 is 11.4 Å². The van der Waals surface area contributed by atoms with Crippen LogP contribution in [-0.2, 0) is 0 Å². The van der Waals surface area contributed by atoms with Gasteiger partial charge in [-0.15, -0.1) is 0 Å². The topological polar surface area (TPSA) is 41.7 Å². The second kappa shape index (κ2) is 5.48. The summed E-state index contributed by atoms with van der Waals surface area (Å²) in [5.41, 5.74) is 7.75. The number of nitrogens with zero attached hydrogens (tertiary/aromatic N) is 2. The molecular weight excluding hydrogens is 226 g/mol. The lowest BCUT2D eigenvalue weighted by Crippen LogP contribution is -2.45. The van der Waals surface area contributed by atoms with Crippen LogP contribution in [0.5, 0.6) is 5.75 Å². The van der Waals surface area contributed by atoms with E-state index < -0.39 is 0 Å². The summed E-state index contributed by atoms with van der Waals surface area (Å²) in [7, 11) is 5.96. The summed E-state index contributed by atoms with van der Waals surface area (Å²) in [6.45, 7) is 2.18. The molecule has 18 heavy (non-hydrogen) atoms. The van der Waals surface area contributed by atoms with Gasteiger partial charge in [-0.3, -0.25) is 0 Å². The highest BCUT2D eigenvalue weighted by atomic mass is 16.5. The minimum absolute atomic E-state index is 0.627. The summed E-state index contributed by atoms with van der Waals surface area (Å²) in [5.74, 6) is 0.763. The van der Waals surface area contributed by atoms with Gasteiger partial charge in [-0.2, -0.15) is 0 Å². The largest absolute Gasteiger partial charge is 0.495 e. The SMILES string of the molecule is COc1cc(N2CCCC(N(C)C)C2)ccc1N. The van der Waals surface area contributed by atoms with Crippen LogP contribution in [0.1, 0.15) is 12.8 Å². The van der Waals surface area contributed by atoms with Crippen LogP contribution in [0.2, 0.25) is 0 Å². The normalized spacial score (nSPS) is 20.2. The first-order chi connectivity index (χ1) is 8.61. The number of methoxy groups -OCH3 is 1. The molecular formula is C14H23N3O. The Balaban J connectivity index is 2.15. The highest BCUT2D eigenvalue weighted by molar-refractivity contribution is 5.62. The molecule has 0 aromatic heterocycles. The molecule has 0 saturated carbocycles. The van der Waals surface area contributed by atoms with Gasteiger partial charge in [0.05, 0.1) is 12.8 Å². The van der Waals surface area contributed by atoms with Crippen molar-refractivity contribution < 1.29 is 4.74 Å². The van der Waals surface area contributed by atoms with Crippen molar-refractivity contribution in [2.45, 2.75) is 18.9 Å². The summed E-state index contributed by atoms with van der Waals surface area (Å²) in [5, 5.41) is 0. The fourth-order valence-corrected chi connectivity index (χ4v) is 2.51. The first kappa shape index (κ1) is 13.0. The number of hydrogen-bond acceptors (Lipinski definition) is 4. The minimum atomic E-state index is 0.627. The van der Waals surface area contributed by atoms with Gasteiger partial charge >= 0.3 is 0 Å². The van der Waals surface area contributed by atoms with E-state index in [-0.39, 0.29) is 0 Å². The van der Waals surface area contributed by atoms with Crippen LogP contribution in [-0.4, -0.2) is 45.2 Å². The zero-order valence-corrected chi connectivity index (χ0v) is 11.5. The maximum absolute atomic E-state index is 5.85. The van der Waals surface area contributed by atoms with E-state index in [1.807, 2.05) is 12.1 Å². The van der Waals surface area contributed by atoms with Crippen LogP contribution in [0.25, 0.3) is 0 Å². The molecule has 100 valence electrons. The highest BCUT2D eigenvalue weighted by Gasteiger charge is 2.21. The van der Waals surface area contributed by atoms with Crippen LogP contribution in [0.4, 0.5) is 11.4 Å². The smallest absolute Gasteiger partial charge is 0.143 e. The molecule has 2 rings (SSSR count). The van der Waals surface area contributed by atoms with Gasteiger partial charge in [-0.1, -0.05) is 0 Å². The first-order valence-corrected chi connectivity index (χ1v) is 6.46. The van der Waals surface area contributed by atoms with Crippen LogP contribution < -0.4 is 15.4 Å². The molecule has 2 N–H and O–H groups in total. The molecule has 0 spiro atoms. The molecule has 1 fully saturated rings. The van der Waals surface area contributed by atoms with E-state index in [2.05, 4.69) is 30.0 Å². The Morgan fingerprint density at radius 2 is 2.17 bits per heavy atom. The number of ether oxygens (including phenoxy) is 1. The Kier molecular flexibility index (Phi) is 3.97. The number of nitrogen functional groups attached to an aromatic ring is 1. The standard InChI is InChI=1S/C14H23N3O/c1-16(2)12-5-4-8-17(10-12)11-6-7-13(15)14(9-11)18-3/h6-7,9,12H,4-5,8,10,15H2,1-3H3. The molecule has 1 unspecified atom stereocenters. The van der Waals surface area contributed by atoms with Crippen LogP contribution in [0, 0.1) is 0 Å². The van der Waals surface area contributed by atoms with E-state index >= 15 is 0 Å². The van der Waals surface area contributed by atoms with Crippen molar-refractivity contribution in [3.05, 3.63) is 18.2 Å². The third-order valence-electron chi connectivity index (χ3n) is 3.71. The van der Waals surface area contributed by atoms with E-state index in [1.165, 1.54) is 18.5 Å². The van der Waals surface area contributed by atoms with E-state index in [0.29, 0.717) is 11.7 Å². The molecule has 1 atom stereocenters. The number of hydrogen-bond donors (Lipinski definition) is 1. The zero-order valence-electron chi connectivity index (χ0n) is 11.5. The molecule has 0 radical (unpaired) electrons. The lowest BCUT2D eigenvalue weighted by molar-refractivity contribution is 0.258. The summed E-state index contributed by atoms with van der Waals surface area (Å²) in [6.07, 6.45) is 2.51. The molecule has 1 saturated heterocycles. The second-order valence-corrected chi connectivity index (χ2v) is 5.13. The van der Waals surface area contributed by atoms with Gasteiger partial charge in [0.2, 0.25) is 0 Å².